The van der Waals surface area contributed by atoms with Crippen molar-refractivity contribution >= 4 is 11.6 Å². The fourth-order valence-electron chi connectivity index (χ4n) is 4.10. The lowest BCUT2D eigenvalue weighted by Gasteiger charge is -2.42. The van der Waals surface area contributed by atoms with Gasteiger partial charge in [0.25, 0.3) is 0 Å². The van der Waals surface area contributed by atoms with Crippen LogP contribution in [0.2, 0.25) is 5.02 Å². The maximum atomic E-state index is 14.2. The first-order valence-corrected chi connectivity index (χ1v) is 9.95. The van der Waals surface area contributed by atoms with E-state index in [1.807, 2.05) is 6.07 Å². The lowest BCUT2D eigenvalue weighted by molar-refractivity contribution is 0.0282. The highest BCUT2D eigenvalue weighted by Gasteiger charge is 2.36. The minimum atomic E-state index is -0.599. The lowest BCUT2D eigenvalue weighted by Crippen LogP contribution is -2.46. The Bertz CT molecular complexity index is 864. The van der Waals surface area contributed by atoms with Crippen LogP contribution in [0.4, 0.5) is 8.78 Å². The number of likely N-dealkylation sites (tertiary alicyclic amines) is 1. The summed E-state index contributed by atoms with van der Waals surface area (Å²) in [6.45, 7) is 1.94. The van der Waals surface area contributed by atoms with Crippen LogP contribution in [0.1, 0.15) is 24.0 Å². The van der Waals surface area contributed by atoms with Crippen molar-refractivity contribution in [1.29, 1.82) is 0 Å². The monoisotopic (exact) mass is 425 g/mol. The number of nitrogens with zero attached hydrogens (tertiary/aromatic N) is 1. The molecule has 158 valence electrons. The molecule has 3 rings (SSSR count). The third kappa shape index (κ3) is 5.00. The molecule has 0 saturated carbocycles. The minimum absolute atomic E-state index is 0.0695. The predicted octanol–water partition coefficient (Wildman–Crippen LogP) is 4.45. The van der Waals surface area contributed by atoms with Crippen molar-refractivity contribution in [2.24, 2.45) is 5.41 Å². The number of methoxy groups -OCH3 is 2. The van der Waals surface area contributed by atoms with Crippen molar-refractivity contribution < 1.29 is 23.4 Å². The van der Waals surface area contributed by atoms with Crippen LogP contribution in [0.25, 0.3) is 0 Å². The zero-order valence-electron chi connectivity index (χ0n) is 16.7. The average molecular weight is 426 g/mol. The first kappa shape index (κ1) is 21.8. The van der Waals surface area contributed by atoms with E-state index in [0.29, 0.717) is 41.6 Å². The Kier molecular flexibility index (Phi) is 6.98. The molecule has 0 amide bonds. The van der Waals surface area contributed by atoms with Gasteiger partial charge in [0.15, 0.2) is 11.5 Å². The van der Waals surface area contributed by atoms with E-state index in [2.05, 4.69) is 4.90 Å². The van der Waals surface area contributed by atoms with Crippen LogP contribution in [-0.2, 0) is 13.0 Å². The van der Waals surface area contributed by atoms with E-state index in [1.165, 1.54) is 12.1 Å². The van der Waals surface area contributed by atoms with Gasteiger partial charge in [-0.15, -0.1) is 0 Å². The van der Waals surface area contributed by atoms with Crippen molar-refractivity contribution in [2.75, 3.05) is 33.9 Å². The van der Waals surface area contributed by atoms with Crippen molar-refractivity contribution in [3.63, 3.8) is 0 Å². The van der Waals surface area contributed by atoms with Gasteiger partial charge in [-0.1, -0.05) is 17.7 Å². The van der Waals surface area contributed by atoms with Crippen molar-refractivity contribution in [1.82, 2.24) is 4.90 Å². The molecular weight excluding hydrogens is 400 g/mol. The van der Waals surface area contributed by atoms with Gasteiger partial charge in [0.1, 0.15) is 11.6 Å². The fraction of sp³-hybridized carbons (Fsp3) is 0.455. The SMILES string of the molecule is COc1cc(Cl)c(CN2CCC[C@](CO)(Cc3ccc(F)cc3F)C2)cc1OC. The zero-order valence-corrected chi connectivity index (χ0v) is 17.4. The molecule has 29 heavy (non-hydrogen) atoms. The largest absolute Gasteiger partial charge is 0.493 e. The van der Waals surface area contributed by atoms with Crippen molar-refractivity contribution in [2.45, 2.75) is 25.8 Å². The normalized spacial score (nSPS) is 19.9. The number of aliphatic hydroxyl groups excluding tert-OH is 1. The molecule has 0 bridgehead atoms. The standard InChI is InChI=1S/C22H26ClF2NO3/c1-28-20-8-16(18(23)10-21(20)29-2)12-26-7-3-6-22(13-26,14-27)11-15-4-5-17(24)9-19(15)25/h4-5,8-10,27H,3,6-7,11-14H2,1-2H3/t22-/m0/s1. The summed E-state index contributed by atoms with van der Waals surface area (Å²) in [4.78, 5) is 2.20. The van der Waals surface area contributed by atoms with Crippen LogP contribution in [-0.4, -0.2) is 43.9 Å². The summed E-state index contributed by atoms with van der Waals surface area (Å²) in [6.07, 6.45) is 2.00. The molecule has 0 spiro atoms. The number of aliphatic hydroxyl groups is 1. The Labute approximate surface area is 175 Å². The molecule has 7 heteroatoms. The average Bonchev–Trinajstić information content (AvgIpc) is 2.71. The van der Waals surface area contributed by atoms with Crippen LogP contribution in [0, 0.1) is 17.0 Å². The summed E-state index contributed by atoms with van der Waals surface area (Å²) in [7, 11) is 3.13. The highest BCUT2D eigenvalue weighted by atomic mass is 35.5. The number of benzene rings is 2. The van der Waals surface area contributed by atoms with Gasteiger partial charge in [0.05, 0.1) is 20.8 Å². The molecule has 1 fully saturated rings. The molecule has 2 aromatic carbocycles. The quantitative estimate of drug-likeness (QED) is 0.711. The summed E-state index contributed by atoms with van der Waals surface area (Å²) in [5.74, 6) is -0.00218. The summed E-state index contributed by atoms with van der Waals surface area (Å²) in [5.41, 5.74) is 0.831. The maximum Gasteiger partial charge on any atom is 0.162 e. The Morgan fingerprint density at radius 3 is 2.48 bits per heavy atom. The van der Waals surface area contributed by atoms with Gasteiger partial charge in [0, 0.05) is 35.7 Å². The van der Waals surface area contributed by atoms with E-state index in [0.717, 1.165) is 31.0 Å². The highest BCUT2D eigenvalue weighted by Crippen LogP contribution is 2.37. The van der Waals surface area contributed by atoms with E-state index in [1.54, 1.807) is 20.3 Å². The minimum Gasteiger partial charge on any atom is -0.493 e. The van der Waals surface area contributed by atoms with Crippen LogP contribution in [0.5, 0.6) is 11.5 Å². The van der Waals surface area contributed by atoms with E-state index in [9.17, 15) is 13.9 Å². The van der Waals surface area contributed by atoms with Gasteiger partial charge in [-0.2, -0.15) is 0 Å². The molecular formula is C22H26ClF2NO3. The molecule has 1 atom stereocenters. The number of halogens is 3. The van der Waals surface area contributed by atoms with Crippen molar-refractivity contribution in [3.8, 4) is 11.5 Å². The van der Waals surface area contributed by atoms with Gasteiger partial charge in [-0.05, 0) is 49.1 Å². The highest BCUT2D eigenvalue weighted by molar-refractivity contribution is 6.31. The summed E-state index contributed by atoms with van der Waals surface area (Å²) in [6, 6.07) is 7.20. The number of hydrogen-bond acceptors (Lipinski definition) is 4. The second kappa shape index (κ2) is 9.28. The number of ether oxygens (including phenoxy) is 2. The Morgan fingerprint density at radius 2 is 1.83 bits per heavy atom. The molecule has 1 heterocycles. The van der Waals surface area contributed by atoms with Crippen LogP contribution >= 0.6 is 11.6 Å². The third-order valence-electron chi connectivity index (χ3n) is 5.60. The smallest absolute Gasteiger partial charge is 0.162 e. The Balaban J connectivity index is 1.78. The van der Waals surface area contributed by atoms with Gasteiger partial charge < -0.3 is 14.6 Å². The Morgan fingerprint density at radius 1 is 1.10 bits per heavy atom. The van der Waals surface area contributed by atoms with Gasteiger partial charge in [0.2, 0.25) is 0 Å². The number of rotatable bonds is 7. The topological polar surface area (TPSA) is 41.9 Å². The maximum absolute atomic E-state index is 14.2. The van der Waals surface area contributed by atoms with E-state index in [-0.39, 0.29) is 6.61 Å². The van der Waals surface area contributed by atoms with Crippen LogP contribution in [0.3, 0.4) is 0 Å². The Hall–Kier alpha value is -1.89. The van der Waals surface area contributed by atoms with Crippen LogP contribution in [0.15, 0.2) is 30.3 Å². The second-order valence-electron chi connectivity index (χ2n) is 7.68. The lowest BCUT2D eigenvalue weighted by atomic mass is 9.75. The number of piperidine rings is 1. The fourth-order valence-corrected chi connectivity index (χ4v) is 4.32. The van der Waals surface area contributed by atoms with Crippen molar-refractivity contribution in [3.05, 3.63) is 58.1 Å². The van der Waals surface area contributed by atoms with Gasteiger partial charge in [-0.25, -0.2) is 8.78 Å². The molecule has 0 unspecified atom stereocenters. The molecule has 4 nitrogen and oxygen atoms in total. The number of hydrogen-bond donors (Lipinski definition) is 1. The second-order valence-corrected chi connectivity index (χ2v) is 8.09. The third-order valence-corrected chi connectivity index (χ3v) is 5.95. The molecule has 1 aliphatic rings. The molecule has 2 aromatic rings. The molecule has 1 N–H and O–H groups in total. The van der Waals surface area contributed by atoms with Gasteiger partial charge >= 0.3 is 0 Å². The summed E-state index contributed by atoms with van der Waals surface area (Å²) < 4.78 is 38.1. The summed E-state index contributed by atoms with van der Waals surface area (Å²) >= 11 is 6.43. The molecule has 0 radical (unpaired) electrons. The first-order chi connectivity index (χ1) is 13.9. The predicted molar refractivity (Wildman–Crippen MR) is 109 cm³/mol. The van der Waals surface area contributed by atoms with Gasteiger partial charge in [-0.3, -0.25) is 4.90 Å². The zero-order chi connectivity index (χ0) is 21.0. The molecule has 1 saturated heterocycles. The summed E-state index contributed by atoms with van der Waals surface area (Å²) in [5, 5.41) is 10.7. The van der Waals surface area contributed by atoms with E-state index >= 15 is 0 Å². The molecule has 0 aliphatic carbocycles. The molecule has 1 aliphatic heterocycles. The first-order valence-electron chi connectivity index (χ1n) is 9.57. The van der Waals surface area contributed by atoms with Crippen LogP contribution < -0.4 is 9.47 Å². The molecule has 0 aromatic heterocycles. The van der Waals surface area contributed by atoms with E-state index in [4.69, 9.17) is 21.1 Å². The van der Waals surface area contributed by atoms with E-state index < -0.39 is 17.0 Å².